The van der Waals surface area contributed by atoms with Gasteiger partial charge in [0.1, 0.15) is 0 Å². The second-order valence-corrected chi connectivity index (χ2v) is 5.48. The zero-order valence-corrected chi connectivity index (χ0v) is 12.7. The van der Waals surface area contributed by atoms with Crippen molar-refractivity contribution in [3.05, 3.63) is 70.7 Å². The van der Waals surface area contributed by atoms with E-state index in [0.29, 0.717) is 6.04 Å². The lowest BCUT2D eigenvalue weighted by Gasteiger charge is -2.18. The first-order valence-corrected chi connectivity index (χ1v) is 7.70. The second-order valence-electron chi connectivity index (χ2n) is 5.04. The van der Waals surface area contributed by atoms with Crippen LogP contribution >= 0.6 is 11.6 Å². The molecule has 1 unspecified atom stereocenters. The van der Waals surface area contributed by atoms with Crippen molar-refractivity contribution in [2.24, 2.45) is 0 Å². The van der Waals surface area contributed by atoms with Crippen LogP contribution in [0, 0.1) is 0 Å². The highest BCUT2D eigenvalue weighted by atomic mass is 35.5. The Morgan fingerprint density at radius 1 is 1.00 bits per heavy atom. The smallest absolute Gasteiger partial charge is 0.0406 e. The summed E-state index contributed by atoms with van der Waals surface area (Å²) in [6, 6.07) is 19.3. The maximum absolute atomic E-state index is 5.91. The molecule has 2 heteroatoms. The van der Waals surface area contributed by atoms with E-state index in [1.54, 1.807) is 0 Å². The Morgan fingerprint density at radius 3 is 2.35 bits per heavy atom. The van der Waals surface area contributed by atoms with E-state index >= 15 is 0 Å². The molecule has 2 aromatic carbocycles. The molecule has 0 aliphatic heterocycles. The van der Waals surface area contributed by atoms with E-state index in [4.69, 9.17) is 11.6 Å². The van der Waals surface area contributed by atoms with Gasteiger partial charge >= 0.3 is 0 Å². The van der Waals surface area contributed by atoms with E-state index in [-0.39, 0.29) is 0 Å². The Morgan fingerprint density at radius 2 is 1.70 bits per heavy atom. The third-order valence-electron chi connectivity index (χ3n) is 3.52. The third kappa shape index (κ3) is 4.66. The van der Waals surface area contributed by atoms with E-state index < -0.39 is 0 Å². The van der Waals surface area contributed by atoms with Crippen LogP contribution in [0.4, 0.5) is 0 Å². The van der Waals surface area contributed by atoms with Gasteiger partial charge in [0.15, 0.2) is 0 Å². The minimum atomic E-state index is 0.452. The van der Waals surface area contributed by atoms with Gasteiger partial charge in [0.05, 0.1) is 0 Å². The molecule has 0 radical (unpaired) electrons. The lowest BCUT2D eigenvalue weighted by atomic mass is 9.99. The molecule has 0 heterocycles. The monoisotopic (exact) mass is 287 g/mol. The lowest BCUT2D eigenvalue weighted by molar-refractivity contribution is 0.498. The summed E-state index contributed by atoms with van der Waals surface area (Å²) in [6.45, 7) is 3.16. The first-order chi connectivity index (χ1) is 9.79. The summed E-state index contributed by atoms with van der Waals surface area (Å²) in [5.74, 6) is 0. The third-order valence-corrected chi connectivity index (χ3v) is 3.78. The minimum absolute atomic E-state index is 0.452. The van der Waals surface area contributed by atoms with E-state index in [2.05, 4.69) is 54.7 Å². The van der Waals surface area contributed by atoms with Gasteiger partial charge in [0.2, 0.25) is 0 Å². The van der Waals surface area contributed by atoms with Crippen molar-refractivity contribution >= 4 is 11.6 Å². The molecule has 0 saturated heterocycles. The Balaban J connectivity index is 1.88. The summed E-state index contributed by atoms with van der Waals surface area (Å²) in [4.78, 5) is 0. The van der Waals surface area contributed by atoms with Gasteiger partial charge in [-0.2, -0.15) is 0 Å². The first kappa shape index (κ1) is 15.1. The average molecular weight is 288 g/mol. The minimum Gasteiger partial charge on any atom is -0.310 e. The van der Waals surface area contributed by atoms with Crippen LogP contribution < -0.4 is 5.32 Å². The molecule has 0 saturated carbocycles. The van der Waals surface area contributed by atoms with Crippen LogP contribution in [-0.4, -0.2) is 6.54 Å². The van der Waals surface area contributed by atoms with E-state index in [9.17, 15) is 0 Å². The Bertz CT molecular complexity index is 493. The number of aryl methyl sites for hydroxylation is 1. The molecule has 1 atom stereocenters. The van der Waals surface area contributed by atoms with Gasteiger partial charge in [-0.05, 0) is 49.1 Å². The summed E-state index contributed by atoms with van der Waals surface area (Å²) < 4.78 is 0. The van der Waals surface area contributed by atoms with Gasteiger partial charge in [0, 0.05) is 11.1 Å². The van der Waals surface area contributed by atoms with Gasteiger partial charge < -0.3 is 5.32 Å². The SMILES string of the molecule is CCNC(CCCc1ccc(Cl)cc1)c1ccccc1. The highest BCUT2D eigenvalue weighted by molar-refractivity contribution is 6.30. The zero-order chi connectivity index (χ0) is 14.2. The highest BCUT2D eigenvalue weighted by Gasteiger charge is 2.09. The molecule has 2 aromatic rings. The summed E-state index contributed by atoms with van der Waals surface area (Å²) in [7, 11) is 0. The van der Waals surface area contributed by atoms with Crippen LogP contribution in [0.2, 0.25) is 5.02 Å². The van der Waals surface area contributed by atoms with E-state index in [1.165, 1.54) is 17.5 Å². The second kappa shape index (κ2) is 8.08. The predicted molar refractivity (Wildman–Crippen MR) is 87.2 cm³/mol. The molecule has 20 heavy (non-hydrogen) atoms. The molecule has 0 aliphatic carbocycles. The molecule has 0 fully saturated rings. The molecule has 2 rings (SSSR count). The van der Waals surface area contributed by atoms with Crippen molar-refractivity contribution < 1.29 is 0 Å². The normalized spacial score (nSPS) is 12.3. The van der Waals surface area contributed by atoms with E-state index in [1.807, 2.05) is 12.1 Å². The molecule has 1 N–H and O–H groups in total. The molecule has 0 aliphatic rings. The van der Waals surface area contributed by atoms with Crippen molar-refractivity contribution in [2.75, 3.05) is 6.54 Å². The molecule has 1 nitrogen and oxygen atoms in total. The van der Waals surface area contributed by atoms with E-state index in [0.717, 1.165) is 24.4 Å². The van der Waals surface area contributed by atoms with Crippen LogP contribution in [0.5, 0.6) is 0 Å². The fraction of sp³-hybridized carbons (Fsp3) is 0.333. The van der Waals surface area contributed by atoms with Crippen LogP contribution in [0.1, 0.15) is 36.9 Å². The number of nitrogens with one attached hydrogen (secondary N) is 1. The van der Waals surface area contributed by atoms with Gasteiger partial charge in [-0.15, -0.1) is 0 Å². The molecule has 0 amide bonds. The van der Waals surface area contributed by atoms with Crippen molar-refractivity contribution in [3.63, 3.8) is 0 Å². The summed E-state index contributed by atoms with van der Waals surface area (Å²) in [5, 5.41) is 4.38. The van der Waals surface area contributed by atoms with Crippen LogP contribution in [0.25, 0.3) is 0 Å². The van der Waals surface area contributed by atoms with Crippen molar-refractivity contribution in [1.82, 2.24) is 5.32 Å². The quantitative estimate of drug-likeness (QED) is 0.754. The first-order valence-electron chi connectivity index (χ1n) is 7.32. The maximum atomic E-state index is 5.91. The lowest BCUT2D eigenvalue weighted by Crippen LogP contribution is -2.20. The molecule has 0 bridgehead atoms. The van der Waals surface area contributed by atoms with Gasteiger partial charge in [-0.25, -0.2) is 0 Å². The van der Waals surface area contributed by atoms with Crippen LogP contribution in [-0.2, 0) is 6.42 Å². The number of rotatable bonds is 7. The van der Waals surface area contributed by atoms with Gasteiger partial charge in [0.25, 0.3) is 0 Å². The Hall–Kier alpha value is -1.31. The molecular weight excluding hydrogens is 266 g/mol. The average Bonchev–Trinajstić information content (AvgIpc) is 2.49. The van der Waals surface area contributed by atoms with Crippen LogP contribution in [0.15, 0.2) is 54.6 Å². The van der Waals surface area contributed by atoms with Crippen molar-refractivity contribution in [3.8, 4) is 0 Å². The Labute approximate surface area is 127 Å². The molecular formula is C18H22ClN. The van der Waals surface area contributed by atoms with Crippen molar-refractivity contribution in [2.45, 2.75) is 32.2 Å². The molecule has 106 valence electrons. The molecule has 0 aromatic heterocycles. The number of hydrogen-bond donors (Lipinski definition) is 1. The summed E-state index contributed by atoms with van der Waals surface area (Å²) >= 11 is 5.91. The fourth-order valence-electron chi connectivity index (χ4n) is 2.48. The van der Waals surface area contributed by atoms with Gasteiger partial charge in [-0.1, -0.05) is 61.0 Å². The zero-order valence-electron chi connectivity index (χ0n) is 12.0. The van der Waals surface area contributed by atoms with Crippen LogP contribution in [0.3, 0.4) is 0 Å². The largest absolute Gasteiger partial charge is 0.310 e. The standard InChI is InChI=1S/C18H22ClN/c1-2-20-18(16-8-4-3-5-9-16)10-6-7-15-11-13-17(19)14-12-15/h3-5,8-9,11-14,18,20H,2,6-7,10H2,1H3. The fourth-order valence-corrected chi connectivity index (χ4v) is 2.61. The Kier molecular flexibility index (Phi) is 6.10. The number of hydrogen-bond acceptors (Lipinski definition) is 1. The number of halogens is 1. The summed E-state index contributed by atoms with van der Waals surface area (Å²) in [6.07, 6.45) is 3.43. The topological polar surface area (TPSA) is 12.0 Å². The van der Waals surface area contributed by atoms with Crippen molar-refractivity contribution in [1.29, 1.82) is 0 Å². The molecule has 0 spiro atoms. The predicted octanol–water partition coefficient (Wildman–Crippen LogP) is 5.01. The number of benzene rings is 2. The van der Waals surface area contributed by atoms with Gasteiger partial charge in [-0.3, -0.25) is 0 Å². The summed E-state index contributed by atoms with van der Waals surface area (Å²) in [5.41, 5.74) is 2.74. The highest BCUT2D eigenvalue weighted by Crippen LogP contribution is 2.20. The maximum Gasteiger partial charge on any atom is 0.0406 e.